The molecule has 2 aromatic carbocycles. The molecule has 0 unspecified atom stereocenters. The smallest absolute Gasteiger partial charge is 0.269 e. The van der Waals surface area contributed by atoms with Gasteiger partial charge in [-0.3, -0.25) is 25.2 Å². The summed E-state index contributed by atoms with van der Waals surface area (Å²) in [4.78, 5) is 35.2. The summed E-state index contributed by atoms with van der Waals surface area (Å²) in [5, 5.41) is 3.60. The summed E-state index contributed by atoms with van der Waals surface area (Å²) in [5.74, 6) is -0.438. The van der Waals surface area contributed by atoms with E-state index in [1.54, 1.807) is 49.4 Å². The summed E-state index contributed by atoms with van der Waals surface area (Å²) in [5.41, 5.74) is 5.63. The zero-order chi connectivity index (χ0) is 21.2. The van der Waals surface area contributed by atoms with Gasteiger partial charge in [-0.25, -0.2) is 0 Å². The first kappa shape index (κ1) is 22.5. The van der Waals surface area contributed by atoms with Gasteiger partial charge in [-0.05, 0) is 48.9 Å². The van der Waals surface area contributed by atoms with Crippen LogP contribution in [0.1, 0.15) is 36.5 Å². The number of carbonyl (C=O) groups is 3. The van der Waals surface area contributed by atoms with Gasteiger partial charge in [0.25, 0.3) is 5.91 Å². The maximum Gasteiger partial charge on any atom is 0.269 e. The maximum atomic E-state index is 12.1. The number of hydrazine groups is 1. The molecule has 29 heavy (non-hydrogen) atoms. The Bertz CT molecular complexity index is 873. The van der Waals surface area contributed by atoms with Gasteiger partial charge in [0, 0.05) is 29.1 Å². The molecule has 0 heterocycles. The number of anilines is 1. The second-order valence-electron chi connectivity index (χ2n) is 6.01. The molecule has 0 saturated heterocycles. The lowest BCUT2D eigenvalue weighted by molar-refractivity contribution is -0.122. The number of halogens is 2. The molecule has 2 rings (SSSR count). The molecular formula is C20H21Cl2N3O4. The highest BCUT2D eigenvalue weighted by atomic mass is 35.5. The van der Waals surface area contributed by atoms with Crippen LogP contribution >= 0.6 is 23.2 Å². The van der Waals surface area contributed by atoms with E-state index < -0.39 is 5.91 Å². The van der Waals surface area contributed by atoms with E-state index in [0.29, 0.717) is 39.9 Å². The Kier molecular flexibility index (Phi) is 8.76. The number of nitrogens with one attached hydrogen (secondary N) is 3. The van der Waals surface area contributed by atoms with Gasteiger partial charge < -0.3 is 10.1 Å². The number of amides is 3. The molecular weight excluding hydrogens is 417 g/mol. The van der Waals surface area contributed by atoms with Crippen molar-refractivity contribution in [3.05, 3.63) is 58.1 Å². The predicted octanol–water partition coefficient (Wildman–Crippen LogP) is 3.96. The van der Waals surface area contributed by atoms with Gasteiger partial charge in [-0.1, -0.05) is 30.1 Å². The van der Waals surface area contributed by atoms with Crippen molar-refractivity contribution in [2.45, 2.75) is 26.2 Å². The van der Waals surface area contributed by atoms with Crippen LogP contribution in [0, 0.1) is 0 Å². The Labute approximate surface area is 178 Å². The summed E-state index contributed by atoms with van der Waals surface area (Å²) in [6, 6.07) is 11.2. The maximum absolute atomic E-state index is 12.1. The Morgan fingerprint density at radius 2 is 1.69 bits per heavy atom. The topological polar surface area (TPSA) is 96.5 Å². The van der Waals surface area contributed by atoms with Crippen molar-refractivity contribution < 1.29 is 19.1 Å². The normalized spacial score (nSPS) is 10.2. The molecule has 0 bridgehead atoms. The molecule has 3 N–H and O–H groups in total. The first-order chi connectivity index (χ1) is 13.9. The number of ether oxygens (including phenoxy) is 1. The van der Waals surface area contributed by atoms with Crippen LogP contribution in [0.2, 0.25) is 10.0 Å². The van der Waals surface area contributed by atoms with Crippen molar-refractivity contribution in [3.8, 4) is 5.75 Å². The van der Waals surface area contributed by atoms with Crippen LogP contribution in [0.5, 0.6) is 5.75 Å². The molecule has 7 nitrogen and oxygen atoms in total. The van der Waals surface area contributed by atoms with Gasteiger partial charge >= 0.3 is 0 Å². The second-order valence-corrected chi connectivity index (χ2v) is 6.85. The molecule has 0 aliphatic heterocycles. The van der Waals surface area contributed by atoms with Crippen LogP contribution in [0.3, 0.4) is 0 Å². The van der Waals surface area contributed by atoms with Crippen LogP contribution in [0.4, 0.5) is 5.69 Å². The lowest BCUT2D eigenvalue weighted by Gasteiger charge is -2.10. The number of hydrogen-bond acceptors (Lipinski definition) is 4. The van der Waals surface area contributed by atoms with Crippen molar-refractivity contribution in [1.29, 1.82) is 0 Å². The monoisotopic (exact) mass is 437 g/mol. The van der Waals surface area contributed by atoms with Gasteiger partial charge in [-0.15, -0.1) is 0 Å². The van der Waals surface area contributed by atoms with E-state index in [0.717, 1.165) is 0 Å². The van der Waals surface area contributed by atoms with Crippen LogP contribution < -0.4 is 20.9 Å². The molecule has 0 aromatic heterocycles. The largest absolute Gasteiger partial charge is 0.492 e. The minimum atomic E-state index is -0.462. The molecule has 2 aromatic rings. The lowest BCUT2D eigenvalue weighted by atomic mass is 10.2. The minimum absolute atomic E-state index is 0.114. The highest BCUT2D eigenvalue weighted by Gasteiger charge is 2.09. The third kappa shape index (κ3) is 7.63. The van der Waals surface area contributed by atoms with Crippen molar-refractivity contribution in [1.82, 2.24) is 10.9 Å². The van der Waals surface area contributed by atoms with Crippen molar-refractivity contribution in [3.63, 3.8) is 0 Å². The SMILES string of the molecule is CCC(=O)Nc1ccc(C(=O)NNC(=O)CCCOc2ccc(Cl)cc2Cl)cc1. The standard InChI is InChI=1S/C20H21Cl2N3O4/c1-2-18(26)23-15-8-5-13(6-9-15)20(28)25-24-19(27)4-3-11-29-17-10-7-14(21)12-16(17)22/h5-10,12H,2-4,11H2,1H3,(H,23,26)(H,24,27)(H,25,28). The fraction of sp³-hybridized carbons (Fsp3) is 0.250. The van der Waals surface area contributed by atoms with Crippen molar-refractivity contribution in [2.24, 2.45) is 0 Å². The van der Waals surface area contributed by atoms with E-state index in [4.69, 9.17) is 27.9 Å². The molecule has 0 spiro atoms. The first-order valence-electron chi connectivity index (χ1n) is 8.96. The highest BCUT2D eigenvalue weighted by Crippen LogP contribution is 2.27. The van der Waals surface area contributed by atoms with E-state index in [-0.39, 0.29) is 24.8 Å². The first-order valence-corrected chi connectivity index (χ1v) is 9.71. The predicted molar refractivity (Wildman–Crippen MR) is 112 cm³/mol. The molecule has 0 aliphatic rings. The van der Waals surface area contributed by atoms with E-state index in [1.807, 2.05) is 0 Å². The number of benzene rings is 2. The van der Waals surface area contributed by atoms with Crippen LogP contribution in [-0.2, 0) is 9.59 Å². The van der Waals surface area contributed by atoms with Gasteiger partial charge in [0.05, 0.1) is 11.6 Å². The molecule has 3 amide bonds. The van der Waals surface area contributed by atoms with Crippen molar-refractivity contribution >= 4 is 46.6 Å². The lowest BCUT2D eigenvalue weighted by Crippen LogP contribution is -2.41. The average Bonchev–Trinajstić information content (AvgIpc) is 2.71. The van der Waals surface area contributed by atoms with Crippen LogP contribution in [-0.4, -0.2) is 24.3 Å². The van der Waals surface area contributed by atoms with E-state index in [2.05, 4.69) is 16.2 Å². The Hall–Kier alpha value is -2.77. The fourth-order valence-electron chi connectivity index (χ4n) is 2.22. The molecule has 0 radical (unpaired) electrons. The number of rotatable bonds is 8. The summed E-state index contributed by atoms with van der Waals surface area (Å²) in [6.45, 7) is 2.03. The zero-order valence-electron chi connectivity index (χ0n) is 15.8. The van der Waals surface area contributed by atoms with E-state index >= 15 is 0 Å². The van der Waals surface area contributed by atoms with Gasteiger partial charge in [-0.2, -0.15) is 0 Å². The number of hydrogen-bond donors (Lipinski definition) is 3. The van der Waals surface area contributed by atoms with Crippen LogP contribution in [0.15, 0.2) is 42.5 Å². The third-order valence-electron chi connectivity index (χ3n) is 3.77. The Morgan fingerprint density at radius 1 is 0.966 bits per heavy atom. The third-order valence-corrected chi connectivity index (χ3v) is 4.30. The van der Waals surface area contributed by atoms with Gasteiger partial charge in [0.15, 0.2) is 0 Å². The zero-order valence-corrected chi connectivity index (χ0v) is 17.3. The van der Waals surface area contributed by atoms with Gasteiger partial charge in [0.2, 0.25) is 11.8 Å². The number of carbonyl (C=O) groups excluding carboxylic acids is 3. The summed E-state index contributed by atoms with van der Waals surface area (Å²) in [6.07, 6.45) is 0.964. The summed E-state index contributed by atoms with van der Waals surface area (Å²) < 4.78 is 5.50. The van der Waals surface area contributed by atoms with Crippen molar-refractivity contribution in [2.75, 3.05) is 11.9 Å². The fourth-order valence-corrected chi connectivity index (χ4v) is 2.69. The summed E-state index contributed by atoms with van der Waals surface area (Å²) in [7, 11) is 0. The van der Waals surface area contributed by atoms with E-state index in [9.17, 15) is 14.4 Å². The molecule has 0 aliphatic carbocycles. The molecule has 0 saturated carbocycles. The molecule has 0 fully saturated rings. The average molecular weight is 438 g/mol. The Morgan fingerprint density at radius 3 is 2.34 bits per heavy atom. The quantitative estimate of drug-likeness (QED) is 0.429. The minimum Gasteiger partial charge on any atom is -0.492 e. The molecule has 9 heteroatoms. The van der Waals surface area contributed by atoms with Gasteiger partial charge in [0.1, 0.15) is 5.75 Å². The summed E-state index contributed by atoms with van der Waals surface area (Å²) >= 11 is 11.8. The Balaban J connectivity index is 1.69. The molecule has 0 atom stereocenters. The van der Waals surface area contributed by atoms with E-state index in [1.165, 1.54) is 0 Å². The van der Waals surface area contributed by atoms with Crippen LogP contribution in [0.25, 0.3) is 0 Å². The second kappa shape index (κ2) is 11.3. The highest BCUT2D eigenvalue weighted by molar-refractivity contribution is 6.35. The molecule has 154 valence electrons.